The Labute approximate surface area is 188 Å². The molecule has 1 fully saturated rings. The molecule has 4 rings (SSSR count). The van der Waals surface area contributed by atoms with E-state index in [9.17, 15) is 13.2 Å². The van der Waals surface area contributed by atoms with Crippen molar-refractivity contribution in [3.05, 3.63) is 53.6 Å². The summed E-state index contributed by atoms with van der Waals surface area (Å²) in [6.45, 7) is 5.47. The van der Waals surface area contributed by atoms with Crippen molar-refractivity contribution in [3.8, 4) is 0 Å². The summed E-state index contributed by atoms with van der Waals surface area (Å²) >= 11 is 0. The molecule has 32 heavy (non-hydrogen) atoms. The number of benzene rings is 2. The van der Waals surface area contributed by atoms with Crippen molar-refractivity contribution in [2.24, 2.45) is 0 Å². The van der Waals surface area contributed by atoms with Gasteiger partial charge in [0, 0.05) is 19.6 Å². The SMILES string of the molecule is CCCn1nnc2cc(S(=O)(=O)N3CCCC[C@@H]3C(=O)NCc3ccc(C)cc3)ccc21. The first-order chi connectivity index (χ1) is 15.4. The highest BCUT2D eigenvalue weighted by molar-refractivity contribution is 7.89. The Morgan fingerprint density at radius 3 is 2.69 bits per heavy atom. The molecule has 0 bridgehead atoms. The number of hydrogen-bond acceptors (Lipinski definition) is 5. The van der Waals surface area contributed by atoms with Crippen LogP contribution >= 0.6 is 0 Å². The molecule has 9 heteroatoms. The molecule has 8 nitrogen and oxygen atoms in total. The van der Waals surface area contributed by atoms with Crippen LogP contribution in [0.4, 0.5) is 0 Å². The number of hydrogen-bond donors (Lipinski definition) is 1. The molecule has 170 valence electrons. The fraction of sp³-hybridized carbons (Fsp3) is 0.435. The van der Waals surface area contributed by atoms with E-state index >= 15 is 0 Å². The van der Waals surface area contributed by atoms with E-state index in [2.05, 4.69) is 15.6 Å². The second kappa shape index (κ2) is 9.38. The van der Waals surface area contributed by atoms with E-state index in [0.717, 1.165) is 42.5 Å². The molecule has 2 aromatic carbocycles. The van der Waals surface area contributed by atoms with Gasteiger partial charge in [-0.25, -0.2) is 13.1 Å². The maximum atomic E-state index is 13.5. The van der Waals surface area contributed by atoms with Gasteiger partial charge >= 0.3 is 0 Å². The number of carbonyl (C=O) groups is 1. The van der Waals surface area contributed by atoms with E-state index in [1.807, 2.05) is 38.1 Å². The Hall–Kier alpha value is -2.78. The Bertz CT molecular complexity index is 1200. The smallest absolute Gasteiger partial charge is 0.243 e. The minimum absolute atomic E-state index is 0.145. The molecule has 1 aliphatic heterocycles. The summed E-state index contributed by atoms with van der Waals surface area (Å²) in [6, 6.07) is 12.1. The van der Waals surface area contributed by atoms with E-state index in [-0.39, 0.29) is 10.8 Å². The van der Waals surface area contributed by atoms with Crippen molar-refractivity contribution >= 4 is 27.0 Å². The number of nitrogens with one attached hydrogen (secondary N) is 1. The van der Waals surface area contributed by atoms with E-state index in [0.29, 0.717) is 25.0 Å². The van der Waals surface area contributed by atoms with Crippen LogP contribution in [-0.2, 0) is 27.9 Å². The minimum atomic E-state index is -3.84. The summed E-state index contributed by atoms with van der Waals surface area (Å²) in [5.41, 5.74) is 3.47. The van der Waals surface area contributed by atoms with E-state index < -0.39 is 16.1 Å². The molecule has 1 aromatic heterocycles. The maximum Gasteiger partial charge on any atom is 0.243 e. The van der Waals surface area contributed by atoms with Gasteiger partial charge in [-0.15, -0.1) is 5.10 Å². The second-order valence-corrected chi connectivity index (χ2v) is 10.2. The lowest BCUT2D eigenvalue weighted by atomic mass is 10.0. The number of nitrogens with zero attached hydrogens (tertiary/aromatic N) is 4. The zero-order chi connectivity index (χ0) is 22.7. The Morgan fingerprint density at radius 2 is 1.94 bits per heavy atom. The fourth-order valence-corrected chi connectivity index (χ4v) is 5.77. The molecule has 0 saturated carbocycles. The Morgan fingerprint density at radius 1 is 1.16 bits per heavy atom. The number of carbonyl (C=O) groups excluding carboxylic acids is 1. The van der Waals surface area contributed by atoms with Crippen molar-refractivity contribution in [1.82, 2.24) is 24.6 Å². The highest BCUT2D eigenvalue weighted by atomic mass is 32.2. The summed E-state index contributed by atoms with van der Waals surface area (Å²) in [6.07, 6.45) is 2.97. The molecule has 1 N–H and O–H groups in total. The Balaban J connectivity index is 1.54. The number of rotatable bonds is 7. The summed E-state index contributed by atoms with van der Waals surface area (Å²) in [5, 5.41) is 11.2. The molecule has 0 aliphatic carbocycles. The van der Waals surface area contributed by atoms with Gasteiger partial charge in [0.2, 0.25) is 15.9 Å². The summed E-state index contributed by atoms with van der Waals surface area (Å²) < 4.78 is 30.1. The fourth-order valence-electron chi connectivity index (χ4n) is 4.09. The van der Waals surface area contributed by atoms with Crippen molar-refractivity contribution in [2.45, 2.75) is 63.6 Å². The van der Waals surface area contributed by atoms with Crippen LogP contribution in [0.2, 0.25) is 0 Å². The van der Waals surface area contributed by atoms with Crippen molar-refractivity contribution < 1.29 is 13.2 Å². The third kappa shape index (κ3) is 4.54. The first-order valence-electron chi connectivity index (χ1n) is 11.1. The van der Waals surface area contributed by atoms with E-state index in [1.54, 1.807) is 22.9 Å². The lowest BCUT2D eigenvalue weighted by Gasteiger charge is -2.33. The number of piperidine rings is 1. The third-order valence-electron chi connectivity index (χ3n) is 5.87. The summed E-state index contributed by atoms with van der Waals surface area (Å²) in [5.74, 6) is -0.260. The standard InChI is InChI=1S/C23H29N5O3S/c1-3-13-27-21-12-11-19(15-20(21)25-26-27)32(30,31)28-14-5-4-6-22(28)23(29)24-16-18-9-7-17(2)8-10-18/h7-12,15,22H,3-6,13-14,16H2,1-2H3,(H,24,29)/t22-/m1/s1. The van der Waals surface area contributed by atoms with Gasteiger partial charge in [0.05, 0.1) is 10.4 Å². The third-order valence-corrected chi connectivity index (χ3v) is 7.78. The van der Waals surface area contributed by atoms with E-state index in [1.165, 1.54) is 4.31 Å². The number of aryl methyl sites for hydroxylation is 2. The highest BCUT2D eigenvalue weighted by Crippen LogP contribution is 2.27. The summed E-state index contributed by atoms with van der Waals surface area (Å²) in [7, 11) is -3.84. The molecule has 0 unspecified atom stereocenters. The molecule has 3 aromatic rings. The Kier molecular flexibility index (Phi) is 6.57. The van der Waals surface area contributed by atoms with E-state index in [4.69, 9.17) is 0 Å². The summed E-state index contributed by atoms with van der Waals surface area (Å²) in [4.78, 5) is 13.1. The quantitative estimate of drug-likeness (QED) is 0.591. The van der Waals surface area contributed by atoms with Crippen molar-refractivity contribution in [2.75, 3.05) is 6.54 Å². The second-order valence-electron chi connectivity index (χ2n) is 8.29. The first-order valence-corrected chi connectivity index (χ1v) is 12.5. The van der Waals surface area contributed by atoms with Gasteiger partial charge in [0.15, 0.2) is 0 Å². The predicted octanol–water partition coefficient (Wildman–Crippen LogP) is 3.01. The number of fused-ring (bicyclic) bond motifs is 1. The molecule has 0 spiro atoms. The van der Waals surface area contributed by atoms with Gasteiger partial charge in [0.25, 0.3) is 0 Å². The molecular weight excluding hydrogens is 426 g/mol. The van der Waals surface area contributed by atoms with Crippen LogP contribution in [0.5, 0.6) is 0 Å². The molecule has 2 heterocycles. The van der Waals surface area contributed by atoms with Gasteiger partial charge in [-0.1, -0.05) is 48.4 Å². The molecule has 1 amide bonds. The topological polar surface area (TPSA) is 97.2 Å². The van der Waals surface area contributed by atoms with Gasteiger partial charge < -0.3 is 5.32 Å². The molecule has 1 aliphatic rings. The molecular formula is C23H29N5O3S. The number of amides is 1. The van der Waals surface area contributed by atoms with Crippen LogP contribution in [-0.4, -0.2) is 46.2 Å². The highest BCUT2D eigenvalue weighted by Gasteiger charge is 2.37. The first kappa shape index (κ1) is 22.4. The largest absolute Gasteiger partial charge is 0.351 e. The van der Waals surface area contributed by atoms with Crippen LogP contribution < -0.4 is 5.32 Å². The number of sulfonamides is 1. The van der Waals surface area contributed by atoms with Crippen LogP contribution in [0.3, 0.4) is 0 Å². The monoisotopic (exact) mass is 455 g/mol. The van der Waals surface area contributed by atoms with Crippen LogP contribution in [0.25, 0.3) is 11.0 Å². The van der Waals surface area contributed by atoms with Crippen LogP contribution in [0.15, 0.2) is 47.4 Å². The molecule has 0 radical (unpaired) electrons. The normalized spacial score (nSPS) is 17.5. The predicted molar refractivity (Wildman–Crippen MR) is 122 cm³/mol. The van der Waals surface area contributed by atoms with Crippen LogP contribution in [0.1, 0.15) is 43.7 Å². The lowest BCUT2D eigenvalue weighted by molar-refractivity contribution is -0.125. The maximum absolute atomic E-state index is 13.5. The lowest BCUT2D eigenvalue weighted by Crippen LogP contribution is -2.51. The van der Waals surface area contributed by atoms with Crippen molar-refractivity contribution in [1.29, 1.82) is 0 Å². The van der Waals surface area contributed by atoms with Gasteiger partial charge in [0.1, 0.15) is 11.6 Å². The number of aromatic nitrogens is 3. The zero-order valence-corrected chi connectivity index (χ0v) is 19.3. The average molecular weight is 456 g/mol. The average Bonchev–Trinajstić information content (AvgIpc) is 3.21. The van der Waals surface area contributed by atoms with Crippen LogP contribution in [0, 0.1) is 6.92 Å². The molecule has 1 saturated heterocycles. The minimum Gasteiger partial charge on any atom is -0.351 e. The zero-order valence-electron chi connectivity index (χ0n) is 18.5. The van der Waals surface area contributed by atoms with Crippen molar-refractivity contribution in [3.63, 3.8) is 0 Å². The van der Waals surface area contributed by atoms with Gasteiger partial charge in [-0.3, -0.25) is 4.79 Å². The molecule has 1 atom stereocenters. The van der Waals surface area contributed by atoms with Gasteiger partial charge in [-0.2, -0.15) is 4.31 Å². The van der Waals surface area contributed by atoms with Gasteiger partial charge in [-0.05, 0) is 49.9 Å².